The highest BCUT2D eigenvalue weighted by atomic mass is 16.7. The molecular formula is C24H33BO6. The molecule has 1 fully saturated rings. The summed E-state index contributed by atoms with van der Waals surface area (Å²) in [6, 6.07) is 5.65. The first-order valence-corrected chi connectivity index (χ1v) is 10.7. The first-order valence-electron chi connectivity index (χ1n) is 10.7. The van der Waals surface area contributed by atoms with Crippen molar-refractivity contribution in [3.8, 4) is 5.75 Å². The lowest BCUT2D eigenvalue weighted by Crippen LogP contribution is -2.41. The number of hydrogen-bond acceptors (Lipinski definition) is 6. The molecule has 168 valence electrons. The molecule has 1 atom stereocenters. The van der Waals surface area contributed by atoms with E-state index >= 15 is 0 Å². The van der Waals surface area contributed by atoms with Crippen LogP contribution in [-0.4, -0.2) is 41.6 Å². The van der Waals surface area contributed by atoms with Gasteiger partial charge in [0.25, 0.3) is 0 Å². The molecule has 7 heteroatoms. The van der Waals surface area contributed by atoms with Gasteiger partial charge in [0.05, 0.1) is 24.2 Å². The average Bonchev–Trinajstić information content (AvgIpc) is 3.00. The minimum Gasteiger partial charge on any atom is -0.508 e. The molecule has 6 nitrogen and oxygen atoms in total. The predicted molar refractivity (Wildman–Crippen MR) is 120 cm³/mol. The molecular weight excluding hydrogens is 395 g/mol. The second-order valence-electron chi connectivity index (χ2n) is 9.45. The highest BCUT2D eigenvalue weighted by Gasteiger charge is 2.55. The topological polar surface area (TPSA) is 74.2 Å². The molecule has 31 heavy (non-hydrogen) atoms. The third-order valence-electron chi connectivity index (χ3n) is 6.53. The van der Waals surface area contributed by atoms with Gasteiger partial charge in [0.15, 0.2) is 5.60 Å². The first kappa shape index (κ1) is 23.4. The van der Waals surface area contributed by atoms with E-state index in [0.29, 0.717) is 23.4 Å². The number of esters is 1. The number of carbonyl (C=O) groups excluding carboxylic acids is 1. The number of aliphatic hydroxyl groups is 1. The Morgan fingerprint density at radius 3 is 2.29 bits per heavy atom. The second kappa shape index (κ2) is 8.03. The van der Waals surface area contributed by atoms with Gasteiger partial charge in [0, 0.05) is 11.0 Å². The van der Waals surface area contributed by atoms with E-state index in [1.54, 1.807) is 6.92 Å². The lowest BCUT2D eigenvalue weighted by Gasteiger charge is -2.32. The molecule has 0 spiro atoms. The van der Waals surface area contributed by atoms with Crippen molar-refractivity contribution in [1.29, 1.82) is 0 Å². The Labute approximate surface area is 185 Å². The van der Waals surface area contributed by atoms with Crippen LogP contribution in [0.4, 0.5) is 0 Å². The van der Waals surface area contributed by atoms with Crippen molar-refractivity contribution in [2.75, 3.05) is 6.61 Å². The van der Waals surface area contributed by atoms with Crippen LogP contribution in [0, 0.1) is 6.92 Å². The zero-order valence-electron chi connectivity index (χ0n) is 19.8. The van der Waals surface area contributed by atoms with Gasteiger partial charge in [-0.1, -0.05) is 18.2 Å². The van der Waals surface area contributed by atoms with Crippen LogP contribution in [0.15, 0.2) is 41.1 Å². The van der Waals surface area contributed by atoms with E-state index in [0.717, 1.165) is 11.1 Å². The predicted octanol–water partition coefficient (Wildman–Crippen LogP) is 4.64. The van der Waals surface area contributed by atoms with E-state index in [9.17, 15) is 9.90 Å². The maximum absolute atomic E-state index is 12.1. The Bertz CT molecular complexity index is 929. The number of ether oxygens (including phenoxy) is 2. The van der Waals surface area contributed by atoms with Crippen LogP contribution in [0.25, 0.3) is 0 Å². The molecule has 0 aromatic heterocycles. The maximum atomic E-state index is 12.1. The van der Waals surface area contributed by atoms with Crippen molar-refractivity contribution < 1.29 is 28.7 Å². The third kappa shape index (κ3) is 4.26. The van der Waals surface area contributed by atoms with Gasteiger partial charge in [0.2, 0.25) is 0 Å². The molecule has 1 saturated heterocycles. The molecule has 1 aliphatic heterocycles. The van der Waals surface area contributed by atoms with Crippen LogP contribution in [0.2, 0.25) is 0 Å². The molecule has 1 heterocycles. The number of rotatable bonds is 6. The maximum Gasteiger partial charge on any atom is 0.498 e. The van der Waals surface area contributed by atoms with Gasteiger partial charge < -0.3 is 23.9 Å². The SMILES string of the molecule is CCOC(=O)Cc1ccc(C)cc1OC1(C)C(C)=CC(B2OC(C)(C)C(C)(C)O2)=C1O. The molecule has 3 rings (SSSR count). The quantitative estimate of drug-likeness (QED) is 0.526. The molecule has 0 amide bonds. The van der Waals surface area contributed by atoms with Crippen LogP contribution in [0.3, 0.4) is 0 Å². The summed E-state index contributed by atoms with van der Waals surface area (Å²) in [6.45, 7) is 15.6. The summed E-state index contributed by atoms with van der Waals surface area (Å²) in [6.07, 6.45) is 1.95. The first-order chi connectivity index (χ1) is 14.3. The van der Waals surface area contributed by atoms with Crippen molar-refractivity contribution in [2.45, 2.75) is 78.6 Å². The van der Waals surface area contributed by atoms with Gasteiger partial charge in [-0.2, -0.15) is 0 Å². The molecule has 0 bridgehead atoms. The second-order valence-corrected chi connectivity index (χ2v) is 9.45. The fourth-order valence-electron chi connectivity index (χ4n) is 3.67. The van der Waals surface area contributed by atoms with Crippen LogP contribution < -0.4 is 4.74 Å². The van der Waals surface area contributed by atoms with Crippen LogP contribution >= 0.6 is 0 Å². The van der Waals surface area contributed by atoms with Crippen molar-refractivity contribution in [3.05, 3.63) is 52.2 Å². The largest absolute Gasteiger partial charge is 0.508 e. The molecule has 1 aromatic rings. The molecule has 1 aliphatic carbocycles. The van der Waals surface area contributed by atoms with Crippen molar-refractivity contribution >= 4 is 13.1 Å². The molecule has 1 aromatic carbocycles. The number of allylic oxidation sites excluding steroid dienone is 2. The van der Waals surface area contributed by atoms with Crippen LogP contribution in [0.5, 0.6) is 5.75 Å². The van der Waals surface area contributed by atoms with Crippen LogP contribution in [0.1, 0.15) is 59.6 Å². The van der Waals surface area contributed by atoms with Crippen molar-refractivity contribution in [2.24, 2.45) is 0 Å². The summed E-state index contributed by atoms with van der Waals surface area (Å²) in [5.74, 6) is 0.259. The smallest absolute Gasteiger partial charge is 0.498 e. The lowest BCUT2D eigenvalue weighted by molar-refractivity contribution is -0.142. The minimum atomic E-state index is -1.10. The van der Waals surface area contributed by atoms with Crippen LogP contribution in [-0.2, 0) is 25.3 Å². The number of benzene rings is 1. The van der Waals surface area contributed by atoms with Gasteiger partial charge in [-0.15, -0.1) is 0 Å². The number of hydrogen-bond donors (Lipinski definition) is 1. The third-order valence-corrected chi connectivity index (χ3v) is 6.53. The van der Waals surface area contributed by atoms with E-state index in [2.05, 4.69) is 0 Å². The Morgan fingerprint density at radius 2 is 1.71 bits per heavy atom. The zero-order chi connectivity index (χ0) is 23.2. The fourth-order valence-corrected chi connectivity index (χ4v) is 3.67. The van der Waals surface area contributed by atoms with E-state index in [1.807, 2.05) is 72.7 Å². The van der Waals surface area contributed by atoms with E-state index in [4.69, 9.17) is 18.8 Å². The summed E-state index contributed by atoms with van der Waals surface area (Å²) in [5, 5.41) is 11.2. The number of aliphatic hydroxyl groups excluding tert-OH is 1. The minimum absolute atomic E-state index is 0.0482. The lowest BCUT2D eigenvalue weighted by atomic mass is 9.78. The standard InChI is InChI=1S/C24H33BO6/c1-9-28-20(26)14-17-11-10-15(2)12-19(17)29-24(8)16(3)13-18(21(24)27)25-30-22(4,5)23(6,7)31-25/h10-13,27H,9,14H2,1-8H3. The number of aryl methyl sites for hydroxylation is 1. The van der Waals surface area contributed by atoms with Crippen molar-refractivity contribution in [1.82, 2.24) is 0 Å². The van der Waals surface area contributed by atoms with E-state index in [-0.39, 0.29) is 18.1 Å². The van der Waals surface area contributed by atoms with Gasteiger partial charge in [-0.25, -0.2) is 0 Å². The highest BCUT2D eigenvalue weighted by molar-refractivity contribution is 6.56. The molecule has 2 aliphatic rings. The van der Waals surface area contributed by atoms with E-state index < -0.39 is 23.9 Å². The van der Waals surface area contributed by atoms with Gasteiger partial charge >= 0.3 is 13.1 Å². The monoisotopic (exact) mass is 428 g/mol. The Balaban J connectivity index is 1.93. The normalized spacial score (nSPS) is 24.4. The summed E-state index contributed by atoms with van der Waals surface area (Å²) >= 11 is 0. The Morgan fingerprint density at radius 1 is 1.10 bits per heavy atom. The summed E-state index contributed by atoms with van der Waals surface area (Å²) in [7, 11) is -0.693. The Kier molecular flexibility index (Phi) is 6.06. The fraction of sp³-hybridized carbons (Fsp3) is 0.542. The zero-order valence-corrected chi connectivity index (χ0v) is 19.8. The summed E-state index contributed by atoms with van der Waals surface area (Å²) < 4.78 is 23.7. The molecule has 0 saturated carbocycles. The molecule has 1 unspecified atom stereocenters. The average molecular weight is 428 g/mol. The number of carbonyl (C=O) groups is 1. The Hall–Kier alpha value is -2.25. The molecule has 1 N–H and O–H groups in total. The van der Waals surface area contributed by atoms with E-state index in [1.165, 1.54) is 0 Å². The highest BCUT2D eigenvalue weighted by Crippen LogP contribution is 2.45. The summed E-state index contributed by atoms with van der Waals surface area (Å²) in [5.41, 5.74) is 0.925. The van der Waals surface area contributed by atoms with Gasteiger partial charge in [-0.3, -0.25) is 4.79 Å². The molecule has 0 radical (unpaired) electrons. The van der Waals surface area contributed by atoms with Gasteiger partial charge in [0.1, 0.15) is 11.5 Å². The summed E-state index contributed by atoms with van der Waals surface area (Å²) in [4.78, 5) is 12.1. The van der Waals surface area contributed by atoms with Crippen molar-refractivity contribution in [3.63, 3.8) is 0 Å². The van der Waals surface area contributed by atoms with Gasteiger partial charge in [-0.05, 0) is 72.6 Å².